The zero-order chi connectivity index (χ0) is 30.9. The fourth-order valence-corrected chi connectivity index (χ4v) is 12.1. The normalized spacial score (nSPS) is 23.7. The van der Waals surface area contributed by atoms with Gasteiger partial charge in [-0.1, -0.05) is 126 Å². The highest BCUT2D eigenvalue weighted by Crippen LogP contribution is 2.70. The van der Waals surface area contributed by atoms with Crippen molar-refractivity contribution in [3.05, 3.63) is 85.0 Å². The van der Waals surface area contributed by atoms with E-state index in [1.807, 2.05) is 6.92 Å². The van der Waals surface area contributed by atoms with Crippen molar-refractivity contribution < 1.29 is 18.8 Å². The Kier molecular flexibility index (Phi) is 11.4. The number of carbonyl (C=O) groups excluding carboxylic acids is 2. The third-order valence-electron chi connectivity index (χ3n) is 9.52. The van der Waals surface area contributed by atoms with Gasteiger partial charge in [0, 0.05) is 24.2 Å². The summed E-state index contributed by atoms with van der Waals surface area (Å²) in [5.74, 6) is 0.607. The predicted octanol–water partition coefficient (Wildman–Crippen LogP) is 7.95. The molecule has 0 radical (unpaired) electrons. The lowest BCUT2D eigenvalue weighted by Gasteiger charge is -2.45. The summed E-state index contributed by atoms with van der Waals surface area (Å²) in [6.45, 7) is 11.4. The van der Waals surface area contributed by atoms with Crippen molar-refractivity contribution in [3.63, 3.8) is 0 Å². The molecule has 0 unspecified atom stereocenters. The molecule has 0 spiro atoms. The smallest absolute Gasteiger partial charge is 0.305 e. The summed E-state index contributed by atoms with van der Waals surface area (Å²) in [5, 5.41) is 2.38. The molecular formula is C38H52O4Si. The summed E-state index contributed by atoms with van der Waals surface area (Å²) in [4.78, 5) is 25.7. The van der Waals surface area contributed by atoms with Gasteiger partial charge in [-0.05, 0) is 60.4 Å². The Morgan fingerprint density at radius 3 is 2.12 bits per heavy atom. The average molecular weight is 601 g/mol. The second kappa shape index (κ2) is 14.8. The largest absolute Gasteiger partial charge is 0.466 e. The number of ketones is 1. The van der Waals surface area contributed by atoms with Crippen molar-refractivity contribution in [2.45, 2.75) is 104 Å². The van der Waals surface area contributed by atoms with Crippen molar-refractivity contribution >= 4 is 30.4 Å². The maximum atomic E-state index is 14.0. The van der Waals surface area contributed by atoms with Gasteiger partial charge in [-0.2, -0.15) is 0 Å². The highest BCUT2D eigenvalue weighted by atomic mass is 28.4. The first-order valence-corrected chi connectivity index (χ1v) is 18.4. The number of hydrogen-bond acceptors (Lipinski definition) is 4. The SMILES string of the molecule is CCCCC/C=C/[C@H]1[C@@H]2[C@H](O[Si](c3ccccc3)(c3ccccc3)C(C)(C)C)CC(=O)[C@@]21C/C=C\CCCC(=O)OCC. The Bertz CT molecular complexity index is 1210. The molecule has 0 saturated heterocycles. The second-order valence-corrected chi connectivity index (χ2v) is 17.6. The number of esters is 1. The lowest BCUT2D eigenvalue weighted by Crippen LogP contribution is -2.67. The van der Waals surface area contributed by atoms with Gasteiger partial charge < -0.3 is 9.16 Å². The molecule has 4 rings (SSSR count). The highest BCUT2D eigenvalue weighted by Gasteiger charge is 2.74. The Morgan fingerprint density at radius 1 is 0.907 bits per heavy atom. The lowest BCUT2D eigenvalue weighted by molar-refractivity contribution is -0.143. The summed E-state index contributed by atoms with van der Waals surface area (Å²) in [6, 6.07) is 21.5. The van der Waals surface area contributed by atoms with Crippen LogP contribution in [-0.4, -0.2) is 32.8 Å². The molecule has 2 aromatic rings. The van der Waals surface area contributed by atoms with Crippen LogP contribution in [0.5, 0.6) is 0 Å². The molecule has 0 aliphatic heterocycles. The summed E-state index contributed by atoms with van der Waals surface area (Å²) in [5.41, 5.74) is -0.380. The van der Waals surface area contributed by atoms with E-state index in [1.54, 1.807) is 0 Å². The van der Waals surface area contributed by atoms with Crippen LogP contribution in [0.1, 0.15) is 92.4 Å². The number of hydrogen-bond donors (Lipinski definition) is 0. The van der Waals surface area contributed by atoms with E-state index in [-0.39, 0.29) is 34.4 Å². The van der Waals surface area contributed by atoms with Crippen LogP contribution in [0.15, 0.2) is 85.0 Å². The van der Waals surface area contributed by atoms with Crippen LogP contribution >= 0.6 is 0 Å². The minimum absolute atomic E-state index is 0.110. The van der Waals surface area contributed by atoms with Crippen LogP contribution in [-0.2, 0) is 18.8 Å². The van der Waals surface area contributed by atoms with Crippen LogP contribution in [0.3, 0.4) is 0 Å². The van der Waals surface area contributed by atoms with Gasteiger partial charge in [-0.25, -0.2) is 0 Å². The number of Topliss-reactive ketones (excluding diaryl/α,β-unsaturated/α-hetero) is 1. The van der Waals surface area contributed by atoms with E-state index in [1.165, 1.54) is 29.6 Å². The van der Waals surface area contributed by atoms with E-state index < -0.39 is 8.32 Å². The van der Waals surface area contributed by atoms with Gasteiger partial charge >= 0.3 is 5.97 Å². The molecule has 232 valence electrons. The number of benzene rings is 2. The number of rotatable bonds is 16. The molecule has 2 saturated carbocycles. The van der Waals surface area contributed by atoms with Gasteiger partial charge in [0.25, 0.3) is 8.32 Å². The van der Waals surface area contributed by atoms with Crippen LogP contribution in [0, 0.1) is 17.3 Å². The molecule has 0 amide bonds. The summed E-state index contributed by atoms with van der Waals surface area (Å²) in [6.07, 6.45) is 16.8. The van der Waals surface area contributed by atoms with Gasteiger partial charge in [0.05, 0.1) is 12.7 Å². The lowest BCUT2D eigenvalue weighted by atomic mass is 9.93. The van der Waals surface area contributed by atoms with Gasteiger partial charge in [0.1, 0.15) is 5.78 Å². The van der Waals surface area contributed by atoms with Gasteiger partial charge in [0.2, 0.25) is 0 Å². The molecule has 4 nitrogen and oxygen atoms in total. The summed E-state index contributed by atoms with van der Waals surface area (Å²) >= 11 is 0. The molecule has 2 aliphatic rings. The standard InChI is InChI=1S/C38H52O4Si/c1-6-8-9-10-19-26-32-36-33(29-34(39)38(32,36)28-21-12-11-20-27-35(40)41-7-2)42-43(37(3,4)5,30-22-15-13-16-23-30)31-24-17-14-18-25-31/h12-19,21-26,32-33,36H,6-11,20,27-29H2,1-5H3/b21-12-,26-19+/t32-,33+,36+,38-/m0/s1. The van der Waals surface area contributed by atoms with Crippen LogP contribution < -0.4 is 10.4 Å². The minimum atomic E-state index is -2.78. The first kappa shape index (κ1) is 33.1. The van der Waals surface area contributed by atoms with Gasteiger partial charge in [-0.3, -0.25) is 9.59 Å². The zero-order valence-corrected chi connectivity index (χ0v) is 28.0. The molecule has 2 aliphatic carbocycles. The second-order valence-electron chi connectivity index (χ2n) is 13.3. The van der Waals surface area contributed by atoms with Gasteiger partial charge in [0.15, 0.2) is 0 Å². The van der Waals surface area contributed by atoms with Crippen LogP contribution in [0.2, 0.25) is 5.04 Å². The fourth-order valence-electron chi connectivity index (χ4n) is 7.39. The zero-order valence-electron chi connectivity index (χ0n) is 27.0. The first-order chi connectivity index (χ1) is 20.7. The van der Waals surface area contributed by atoms with Crippen LogP contribution in [0.25, 0.3) is 0 Å². The number of carbonyl (C=O) groups is 2. The number of fused-ring (bicyclic) bond motifs is 1. The van der Waals surface area contributed by atoms with E-state index in [0.717, 1.165) is 25.7 Å². The fraction of sp³-hybridized carbons (Fsp3) is 0.526. The maximum Gasteiger partial charge on any atom is 0.305 e. The Morgan fingerprint density at radius 2 is 1.53 bits per heavy atom. The van der Waals surface area contributed by atoms with Crippen LogP contribution in [0.4, 0.5) is 0 Å². The third-order valence-corrected chi connectivity index (χ3v) is 14.6. The molecule has 4 atom stereocenters. The minimum Gasteiger partial charge on any atom is -0.466 e. The molecule has 2 aromatic carbocycles. The van der Waals surface area contributed by atoms with E-state index in [2.05, 4.69) is 113 Å². The molecule has 5 heteroatoms. The predicted molar refractivity (Wildman–Crippen MR) is 179 cm³/mol. The van der Waals surface area contributed by atoms with E-state index in [4.69, 9.17) is 9.16 Å². The molecular weight excluding hydrogens is 549 g/mol. The van der Waals surface area contributed by atoms with Crippen molar-refractivity contribution in [2.75, 3.05) is 6.61 Å². The topological polar surface area (TPSA) is 52.6 Å². The Hall–Kier alpha value is -2.76. The van der Waals surface area contributed by atoms with Gasteiger partial charge in [-0.15, -0.1) is 0 Å². The maximum absolute atomic E-state index is 14.0. The average Bonchev–Trinajstić information content (AvgIpc) is 3.55. The van der Waals surface area contributed by atoms with Crippen molar-refractivity contribution in [2.24, 2.45) is 17.3 Å². The molecule has 0 N–H and O–H groups in total. The monoisotopic (exact) mass is 600 g/mol. The number of ether oxygens (including phenoxy) is 1. The third kappa shape index (κ3) is 7.15. The highest BCUT2D eigenvalue weighted by molar-refractivity contribution is 6.99. The molecule has 2 fully saturated rings. The summed E-state index contributed by atoms with van der Waals surface area (Å²) < 4.78 is 12.6. The van der Waals surface area contributed by atoms with Crippen molar-refractivity contribution in [1.82, 2.24) is 0 Å². The van der Waals surface area contributed by atoms with E-state index >= 15 is 0 Å². The quantitative estimate of drug-likeness (QED) is 0.0849. The first-order valence-electron chi connectivity index (χ1n) is 16.5. The van der Waals surface area contributed by atoms with Crippen molar-refractivity contribution in [3.8, 4) is 0 Å². The molecule has 0 heterocycles. The van der Waals surface area contributed by atoms with Crippen molar-refractivity contribution in [1.29, 1.82) is 0 Å². The number of unbranched alkanes of at least 4 members (excludes halogenated alkanes) is 4. The molecule has 0 bridgehead atoms. The van der Waals surface area contributed by atoms with E-state index in [0.29, 0.717) is 25.2 Å². The Balaban J connectivity index is 1.61. The van der Waals surface area contributed by atoms with E-state index in [9.17, 15) is 9.59 Å². The Labute approximate surface area is 261 Å². The number of allylic oxidation sites excluding steroid dienone is 4. The molecule has 0 aromatic heterocycles. The summed E-state index contributed by atoms with van der Waals surface area (Å²) in [7, 11) is -2.78. The molecule has 43 heavy (non-hydrogen) atoms.